The lowest BCUT2D eigenvalue weighted by molar-refractivity contribution is 0.0950. The zero-order valence-electron chi connectivity index (χ0n) is 20.7. The molecule has 1 amide bonds. The molecule has 3 aromatic heterocycles. The van der Waals surface area contributed by atoms with Gasteiger partial charge in [0.05, 0.1) is 36.7 Å². The number of benzene rings is 1. The van der Waals surface area contributed by atoms with E-state index in [4.69, 9.17) is 27.1 Å². The molecular weight excluding hydrogens is 508 g/mol. The maximum Gasteiger partial charge on any atom is 0.254 e. The van der Waals surface area contributed by atoms with Crippen LogP contribution in [-0.2, 0) is 17.8 Å². The van der Waals surface area contributed by atoms with Gasteiger partial charge in [0.15, 0.2) is 0 Å². The molecule has 0 bridgehead atoms. The van der Waals surface area contributed by atoms with E-state index in [0.29, 0.717) is 29.7 Å². The first-order valence-corrected chi connectivity index (χ1v) is 12.7. The molecule has 38 heavy (non-hydrogen) atoms. The van der Waals surface area contributed by atoms with E-state index in [1.54, 1.807) is 35.3 Å². The fraction of sp³-hybridized carbons (Fsp3) is 0.360. The summed E-state index contributed by atoms with van der Waals surface area (Å²) in [4.78, 5) is 19.9. The Morgan fingerprint density at radius 1 is 1.24 bits per heavy atom. The molecule has 0 aliphatic carbocycles. The Morgan fingerprint density at radius 3 is 2.92 bits per heavy atom. The molecule has 2 aliphatic rings. The third-order valence-electron chi connectivity index (χ3n) is 7.17. The molecule has 0 saturated carbocycles. The van der Waals surface area contributed by atoms with Crippen LogP contribution in [0.2, 0.25) is 5.02 Å². The molecule has 12 nitrogen and oxygen atoms in total. The highest BCUT2D eigenvalue weighted by Gasteiger charge is 2.42. The molecule has 13 heteroatoms. The molecule has 0 spiro atoms. The summed E-state index contributed by atoms with van der Waals surface area (Å²) >= 11 is 6.17. The Balaban J connectivity index is 1.09. The number of aromatic nitrogens is 7. The number of nitrogens with two attached hydrogens (primary N) is 1. The number of halogens is 1. The number of carbonyl (C=O) groups excluding carboxylic acids is 1. The number of hydrogen-bond donors (Lipinski definition) is 2. The summed E-state index contributed by atoms with van der Waals surface area (Å²) < 4.78 is 9.07. The van der Waals surface area contributed by atoms with Gasteiger partial charge in [-0.15, -0.1) is 5.10 Å². The summed E-state index contributed by atoms with van der Waals surface area (Å²) in [6.45, 7) is 5.06. The molecular formula is C25H27ClN10O2. The standard InChI is InChI=1S/C25H27ClN10O2/c1-15-16(2-5-24(31-15)34-11-20-21(27)13-38-23(20)12-34)9-35-10-18(8-30-35)25(37)28-7-17-6-19(26)3-4-22(17)36-14-29-32-33-36/h2-6,8,10,14,20-21,23H,7,9,11-13,27H2,1H3,(H,28,37). The second-order valence-electron chi connectivity index (χ2n) is 9.66. The Kier molecular flexibility index (Phi) is 6.52. The first-order valence-electron chi connectivity index (χ1n) is 12.4. The van der Waals surface area contributed by atoms with Crippen LogP contribution in [-0.4, -0.2) is 72.7 Å². The van der Waals surface area contributed by atoms with Crippen LogP contribution in [0, 0.1) is 12.8 Å². The highest BCUT2D eigenvalue weighted by Crippen LogP contribution is 2.31. The minimum Gasteiger partial charge on any atom is -0.374 e. The molecule has 2 fully saturated rings. The van der Waals surface area contributed by atoms with E-state index in [1.165, 1.54) is 11.0 Å². The zero-order valence-corrected chi connectivity index (χ0v) is 21.5. The van der Waals surface area contributed by atoms with Gasteiger partial charge in [-0.1, -0.05) is 17.7 Å². The third-order valence-corrected chi connectivity index (χ3v) is 7.41. The van der Waals surface area contributed by atoms with Crippen LogP contribution in [0.5, 0.6) is 0 Å². The fourth-order valence-electron chi connectivity index (χ4n) is 5.06. The lowest BCUT2D eigenvalue weighted by atomic mass is 10.0. The van der Waals surface area contributed by atoms with Gasteiger partial charge in [0.1, 0.15) is 12.1 Å². The number of fused-ring (bicyclic) bond motifs is 1. The number of ether oxygens (including phenoxy) is 1. The van der Waals surface area contributed by atoms with Crippen LogP contribution in [0.3, 0.4) is 0 Å². The maximum absolute atomic E-state index is 12.8. The predicted molar refractivity (Wildman–Crippen MR) is 139 cm³/mol. The number of amides is 1. The molecule has 0 radical (unpaired) electrons. The smallest absolute Gasteiger partial charge is 0.254 e. The number of nitrogens with zero attached hydrogens (tertiary/aromatic N) is 8. The van der Waals surface area contributed by atoms with Gasteiger partial charge in [0.2, 0.25) is 0 Å². The Morgan fingerprint density at radius 2 is 2.13 bits per heavy atom. The Bertz CT molecular complexity index is 1460. The molecule has 2 saturated heterocycles. The van der Waals surface area contributed by atoms with Crippen molar-refractivity contribution in [3.8, 4) is 5.69 Å². The van der Waals surface area contributed by atoms with E-state index in [1.807, 2.05) is 13.0 Å². The van der Waals surface area contributed by atoms with Crippen LogP contribution in [0.15, 0.2) is 49.1 Å². The van der Waals surface area contributed by atoms with Crippen molar-refractivity contribution in [3.63, 3.8) is 0 Å². The molecule has 6 rings (SSSR count). The number of hydrogen-bond acceptors (Lipinski definition) is 9. The monoisotopic (exact) mass is 534 g/mol. The van der Waals surface area contributed by atoms with Crippen molar-refractivity contribution in [2.24, 2.45) is 11.7 Å². The summed E-state index contributed by atoms with van der Waals surface area (Å²) in [5.41, 5.74) is 10.1. The van der Waals surface area contributed by atoms with Gasteiger partial charge in [-0.05, 0) is 52.7 Å². The number of carbonyl (C=O) groups is 1. The van der Waals surface area contributed by atoms with Crippen LogP contribution in [0.4, 0.5) is 5.82 Å². The molecule has 2 aliphatic heterocycles. The minimum absolute atomic E-state index is 0.0927. The van der Waals surface area contributed by atoms with Gasteiger partial charge >= 0.3 is 0 Å². The number of anilines is 1. The number of pyridine rings is 1. The van der Waals surface area contributed by atoms with Crippen molar-refractivity contribution >= 4 is 23.3 Å². The normalized spacial score (nSPS) is 20.6. The summed E-state index contributed by atoms with van der Waals surface area (Å²) in [7, 11) is 0. The van der Waals surface area contributed by atoms with Gasteiger partial charge in [-0.3, -0.25) is 9.48 Å². The van der Waals surface area contributed by atoms with Crippen molar-refractivity contribution in [1.82, 2.24) is 40.3 Å². The van der Waals surface area contributed by atoms with Gasteiger partial charge < -0.3 is 20.7 Å². The van der Waals surface area contributed by atoms with E-state index in [0.717, 1.165) is 41.4 Å². The van der Waals surface area contributed by atoms with Crippen molar-refractivity contribution in [1.29, 1.82) is 0 Å². The van der Waals surface area contributed by atoms with Gasteiger partial charge in [0.25, 0.3) is 5.91 Å². The van der Waals surface area contributed by atoms with Crippen molar-refractivity contribution in [2.45, 2.75) is 32.2 Å². The third kappa shape index (κ3) is 4.85. The van der Waals surface area contributed by atoms with E-state index in [9.17, 15) is 4.79 Å². The number of nitrogens with one attached hydrogen (secondary N) is 1. The molecule has 3 N–H and O–H groups in total. The van der Waals surface area contributed by atoms with Crippen molar-refractivity contribution < 1.29 is 9.53 Å². The fourth-order valence-corrected chi connectivity index (χ4v) is 5.26. The average Bonchev–Trinajstić information content (AvgIpc) is 3.71. The van der Waals surface area contributed by atoms with Crippen molar-refractivity contribution in [2.75, 3.05) is 24.6 Å². The molecule has 5 heterocycles. The number of tetrazole rings is 1. The average molecular weight is 535 g/mol. The predicted octanol–water partition coefficient (Wildman–Crippen LogP) is 1.36. The van der Waals surface area contributed by atoms with Gasteiger partial charge in [0, 0.05) is 48.5 Å². The summed E-state index contributed by atoms with van der Waals surface area (Å²) in [5, 5.41) is 19.1. The van der Waals surface area contributed by atoms with Crippen LogP contribution < -0.4 is 16.0 Å². The number of rotatable bonds is 7. The van der Waals surface area contributed by atoms with Crippen LogP contribution in [0.1, 0.15) is 27.2 Å². The number of aryl methyl sites for hydroxylation is 1. The molecule has 3 atom stereocenters. The highest BCUT2D eigenvalue weighted by molar-refractivity contribution is 6.30. The van der Waals surface area contributed by atoms with E-state index in [-0.39, 0.29) is 24.6 Å². The van der Waals surface area contributed by atoms with E-state index >= 15 is 0 Å². The topological polar surface area (TPSA) is 142 Å². The van der Waals surface area contributed by atoms with Gasteiger partial charge in [-0.2, -0.15) is 5.10 Å². The second kappa shape index (κ2) is 10.1. The van der Waals surface area contributed by atoms with Crippen molar-refractivity contribution in [3.05, 3.63) is 76.5 Å². The second-order valence-corrected chi connectivity index (χ2v) is 10.1. The Hall–Kier alpha value is -3.87. The summed E-state index contributed by atoms with van der Waals surface area (Å²) in [6, 6.07) is 9.51. The van der Waals surface area contributed by atoms with Crippen LogP contribution in [0.25, 0.3) is 5.69 Å². The molecule has 4 aromatic rings. The highest BCUT2D eigenvalue weighted by atomic mass is 35.5. The Labute approximate surface area is 223 Å². The molecule has 1 aromatic carbocycles. The van der Waals surface area contributed by atoms with Gasteiger partial charge in [-0.25, -0.2) is 9.67 Å². The SMILES string of the molecule is Cc1nc(N2CC3OCC(N)C3C2)ccc1Cn1cc(C(=O)NCc2cc(Cl)ccc2-n2cnnn2)cn1. The molecule has 196 valence electrons. The zero-order chi connectivity index (χ0) is 26.2. The largest absolute Gasteiger partial charge is 0.374 e. The summed E-state index contributed by atoms with van der Waals surface area (Å²) in [6.07, 6.45) is 4.95. The summed E-state index contributed by atoms with van der Waals surface area (Å²) in [5.74, 6) is 1.04. The van der Waals surface area contributed by atoms with Crippen LogP contribution >= 0.6 is 11.6 Å². The lowest BCUT2D eigenvalue weighted by Crippen LogP contribution is -2.33. The molecule has 3 unspecified atom stereocenters. The van der Waals surface area contributed by atoms with E-state index in [2.05, 4.69) is 36.9 Å². The first kappa shape index (κ1) is 24.5. The minimum atomic E-state index is -0.246. The first-order chi connectivity index (χ1) is 18.4. The van der Waals surface area contributed by atoms with E-state index < -0.39 is 0 Å². The lowest BCUT2D eigenvalue weighted by Gasteiger charge is -2.20. The quantitative estimate of drug-likeness (QED) is 0.359. The maximum atomic E-state index is 12.8.